The lowest BCUT2D eigenvalue weighted by Crippen LogP contribution is -2.69. The van der Waals surface area contributed by atoms with Crippen LogP contribution in [0.4, 0.5) is 0 Å². The summed E-state index contributed by atoms with van der Waals surface area (Å²) in [7, 11) is 0. The average Bonchev–Trinajstić information content (AvgIpc) is 2.42. The Bertz CT molecular complexity index is 316. The number of rotatable bonds is 5. The maximum absolute atomic E-state index is 5.92. The summed E-state index contributed by atoms with van der Waals surface area (Å²) in [6.45, 7) is 17.1. The van der Waals surface area contributed by atoms with Crippen LogP contribution >= 0.6 is 0 Å². The van der Waals surface area contributed by atoms with Crippen LogP contribution in [-0.2, 0) is 4.74 Å². The Morgan fingerprint density at radius 3 is 2.50 bits per heavy atom. The molecule has 4 unspecified atom stereocenters. The molecule has 0 aromatic carbocycles. The molecule has 2 fully saturated rings. The number of piperazine rings is 1. The van der Waals surface area contributed by atoms with E-state index in [0.29, 0.717) is 35.6 Å². The van der Waals surface area contributed by atoms with Crippen LogP contribution in [-0.4, -0.2) is 48.8 Å². The van der Waals surface area contributed by atoms with E-state index < -0.39 is 0 Å². The molecule has 0 spiro atoms. The maximum Gasteiger partial charge on any atom is 0.0655 e. The normalized spacial score (nSPS) is 38.0. The predicted octanol–water partition coefficient (Wildman–Crippen LogP) is 2.90. The molecule has 0 amide bonds. The first-order valence-corrected chi connectivity index (χ1v) is 8.52. The lowest BCUT2D eigenvalue weighted by Gasteiger charge is -2.59. The van der Waals surface area contributed by atoms with Gasteiger partial charge in [0.1, 0.15) is 0 Å². The molecule has 3 heteroatoms. The van der Waals surface area contributed by atoms with Gasteiger partial charge in [-0.2, -0.15) is 0 Å². The summed E-state index contributed by atoms with van der Waals surface area (Å²) < 4.78 is 5.92. The molecule has 0 bridgehead atoms. The summed E-state index contributed by atoms with van der Waals surface area (Å²) in [5.41, 5.74) is 0.294. The van der Waals surface area contributed by atoms with Crippen molar-refractivity contribution in [3.8, 4) is 0 Å². The molecule has 4 atom stereocenters. The Kier molecular flexibility index (Phi) is 5.14. The minimum atomic E-state index is 0.294. The van der Waals surface area contributed by atoms with Crippen molar-refractivity contribution in [3.63, 3.8) is 0 Å². The lowest BCUT2D eigenvalue weighted by molar-refractivity contribution is -0.164. The number of ether oxygens (including phenoxy) is 1. The molecule has 0 aromatic heterocycles. The average molecular weight is 282 g/mol. The molecule has 1 N–H and O–H groups in total. The molecule has 1 heterocycles. The third kappa shape index (κ3) is 2.90. The molecule has 2 rings (SSSR count). The van der Waals surface area contributed by atoms with Gasteiger partial charge in [0.05, 0.1) is 6.10 Å². The summed E-state index contributed by atoms with van der Waals surface area (Å²) in [5.74, 6) is 0.709. The largest absolute Gasteiger partial charge is 0.378 e. The summed E-state index contributed by atoms with van der Waals surface area (Å²) >= 11 is 0. The minimum Gasteiger partial charge on any atom is -0.378 e. The molecule has 1 aliphatic carbocycles. The monoisotopic (exact) mass is 282 g/mol. The van der Waals surface area contributed by atoms with Gasteiger partial charge in [-0.3, -0.25) is 4.90 Å². The van der Waals surface area contributed by atoms with E-state index in [2.05, 4.69) is 51.8 Å². The smallest absolute Gasteiger partial charge is 0.0655 e. The van der Waals surface area contributed by atoms with Gasteiger partial charge in [-0.25, -0.2) is 0 Å². The number of nitrogens with one attached hydrogen (secondary N) is 1. The topological polar surface area (TPSA) is 24.5 Å². The van der Waals surface area contributed by atoms with E-state index in [1.807, 2.05) is 0 Å². The molecular weight excluding hydrogens is 248 g/mol. The Labute approximate surface area is 125 Å². The molecule has 1 saturated heterocycles. The Hall–Kier alpha value is -0.120. The highest BCUT2D eigenvalue weighted by Gasteiger charge is 2.53. The Morgan fingerprint density at radius 2 is 2.00 bits per heavy atom. The van der Waals surface area contributed by atoms with Crippen LogP contribution in [0, 0.1) is 11.3 Å². The Balaban J connectivity index is 2.05. The predicted molar refractivity (Wildman–Crippen MR) is 85.0 cm³/mol. The van der Waals surface area contributed by atoms with E-state index in [0.717, 1.165) is 13.2 Å². The summed E-state index contributed by atoms with van der Waals surface area (Å²) in [5, 5.41) is 3.74. The zero-order chi connectivity index (χ0) is 14.9. The molecule has 118 valence electrons. The van der Waals surface area contributed by atoms with Crippen molar-refractivity contribution in [1.82, 2.24) is 10.2 Å². The van der Waals surface area contributed by atoms with Crippen LogP contribution in [0.3, 0.4) is 0 Å². The fourth-order valence-electron chi connectivity index (χ4n) is 3.96. The standard InChI is InChI=1S/C17H34N2O/c1-7-13-10-18-14(12(3)4)11-19(13)15-9-16(20-8-2)17(15,5)6/h12-16,18H,7-11H2,1-6H3. The van der Waals surface area contributed by atoms with Crippen LogP contribution in [0.1, 0.15) is 54.4 Å². The molecule has 3 nitrogen and oxygen atoms in total. The first kappa shape index (κ1) is 16.3. The Morgan fingerprint density at radius 1 is 1.30 bits per heavy atom. The van der Waals surface area contributed by atoms with Gasteiger partial charge in [-0.15, -0.1) is 0 Å². The number of hydrogen-bond acceptors (Lipinski definition) is 3. The van der Waals surface area contributed by atoms with Gasteiger partial charge in [0, 0.05) is 43.2 Å². The van der Waals surface area contributed by atoms with Crippen LogP contribution in [0.2, 0.25) is 0 Å². The number of nitrogens with zero attached hydrogens (tertiary/aromatic N) is 1. The fourth-order valence-corrected chi connectivity index (χ4v) is 3.96. The van der Waals surface area contributed by atoms with Crippen molar-refractivity contribution >= 4 is 0 Å². The van der Waals surface area contributed by atoms with Crippen LogP contribution in [0.15, 0.2) is 0 Å². The highest BCUT2D eigenvalue weighted by atomic mass is 16.5. The zero-order valence-corrected chi connectivity index (χ0v) is 14.3. The van der Waals surface area contributed by atoms with E-state index in [9.17, 15) is 0 Å². The third-order valence-corrected chi connectivity index (χ3v) is 5.66. The van der Waals surface area contributed by atoms with Crippen molar-refractivity contribution in [2.75, 3.05) is 19.7 Å². The van der Waals surface area contributed by atoms with Crippen LogP contribution in [0.5, 0.6) is 0 Å². The van der Waals surface area contributed by atoms with Gasteiger partial charge in [-0.1, -0.05) is 34.6 Å². The van der Waals surface area contributed by atoms with Crippen LogP contribution in [0.25, 0.3) is 0 Å². The third-order valence-electron chi connectivity index (χ3n) is 5.66. The van der Waals surface area contributed by atoms with Gasteiger partial charge in [-0.05, 0) is 25.7 Å². The van der Waals surface area contributed by atoms with Crippen molar-refractivity contribution in [1.29, 1.82) is 0 Å². The van der Waals surface area contributed by atoms with Gasteiger partial charge in [0.25, 0.3) is 0 Å². The second kappa shape index (κ2) is 6.33. The highest BCUT2D eigenvalue weighted by Crippen LogP contribution is 2.47. The quantitative estimate of drug-likeness (QED) is 0.839. The van der Waals surface area contributed by atoms with Crippen molar-refractivity contribution in [2.24, 2.45) is 11.3 Å². The molecule has 0 aromatic rings. The van der Waals surface area contributed by atoms with Gasteiger partial charge >= 0.3 is 0 Å². The molecule has 20 heavy (non-hydrogen) atoms. The minimum absolute atomic E-state index is 0.294. The van der Waals surface area contributed by atoms with Crippen molar-refractivity contribution in [3.05, 3.63) is 0 Å². The SMILES string of the molecule is CCOC1CC(N2CC(C(C)C)NCC2CC)C1(C)C. The van der Waals surface area contributed by atoms with Gasteiger partial charge < -0.3 is 10.1 Å². The zero-order valence-electron chi connectivity index (χ0n) is 14.3. The molecular formula is C17H34N2O. The first-order chi connectivity index (χ1) is 9.41. The number of hydrogen-bond donors (Lipinski definition) is 1. The summed E-state index contributed by atoms with van der Waals surface area (Å²) in [6, 6.07) is 2.02. The van der Waals surface area contributed by atoms with E-state index in [4.69, 9.17) is 4.74 Å². The van der Waals surface area contributed by atoms with E-state index in [1.54, 1.807) is 0 Å². The van der Waals surface area contributed by atoms with Crippen molar-refractivity contribution in [2.45, 2.75) is 78.6 Å². The lowest BCUT2D eigenvalue weighted by atomic mass is 9.63. The van der Waals surface area contributed by atoms with Crippen molar-refractivity contribution < 1.29 is 4.74 Å². The molecule has 2 aliphatic rings. The highest BCUT2D eigenvalue weighted by molar-refractivity contribution is 5.06. The van der Waals surface area contributed by atoms with Gasteiger partial charge in [0.2, 0.25) is 0 Å². The molecule has 0 radical (unpaired) electrons. The second-order valence-corrected chi connectivity index (χ2v) is 7.53. The molecule has 1 aliphatic heterocycles. The summed E-state index contributed by atoms with van der Waals surface area (Å²) in [4.78, 5) is 2.79. The maximum atomic E-state index is 5.92. The molecule has 1 saturated carbocycles. The first-order valence-electron chi connectivity index (χ1n) is 8.52. The van der Waals surface area contributed by atoms with E-state index in [-0.39, 0.29) is 0 Å². The van der Waals surface area contributed by atoms with Gasteiger partial charge in [0.15, 0.2) is 0 Å². The second-order valence-electron chi connectivity index (χ2n) is 7.53. The van der Waals surface area contributed by atoms with Crippen LogP contribution < -0.4 is 5.32 Å². The van der Waals surface area contributed by atoms with E-state index in [1.165, 1.54) is 19.4 Å². The van der Waals surface area contributed by atoms with E-state index >= 15 is 0 Å². The summed E-state index contributed by atoms with van der Waals surface area (Å²) in [6.07, 6.45) is 2.90. The fraction of sp³-hybridized carbons (Fsp3) is 1.00.